The van der Waals surface area contributed by atoms with E-state index in [1.807, 2.05) is 0 Å². The Morgan fingerprint density at radius 1 is 1.05 bits per heavy atom. The monoisotopic (exact) mass is 331 g/mol. The molecule has 6 nitrogen and oxygen atoms in total. The number of hydrogen-bond acceptors (Lipinski definition) is 4. The zero-order valence-electron chi connectivity index (χ0n) is 11.2. The summed E-state index contributed by atoms with van der Waals surface area (Å²) in [4.78, 5) is 18.4. The number of nitrogens with one attached hydrogen (secondary N) is 2. The maximum absolute atomic E-state index is 13.1. The van der Waals surface area contributed by atoms with Gasteiger partial charge in [-0.05, 0) is 6.07 Å². The average Bonchev–Trinajstić information content (AvgIpc) is 2.36. The normalized spacial score (nSPS) is 12.7. The first-order chi connectivity index (χ1) is 9.91. The van der Waals surface area contributed by atoms with Gasteiger partial charge in [0.25, 0.3) is 0 Å². The molecule has 22 heavy (non-hydrogen) atoms. The number of hydrogen-bond donors (Lipinski definition) is 2. The van der Waals surface area contributed by atoms with Crippen molar-refractivity contribution in [1.29, 1.82) is 0 Å². The summed E-state index contributed by atoms with van der Waals surface area (Å²) in [6.45, 7) is 0. The van der Waals surface area contributed by atoms with Crippen molar-refractivity contribution in [3.63, 3.8) is 0 Å². The van der Waals surface area contributed by atoms with Gasteiger partial charge in [-0.25, -0.2) is 14.8 Å². The van der Waals surface area contributed by atoms with Gasteiger partial charge in [-0.2, -0.15) is 26.3 Å². The van der Waals surface area contributed by atoms with Crippen LogP contribution in [0.5, 0.6) is 0 Å². The largest absolute Gasteiger partial charge is 0.439 e. The van der Waals surface area contributed by atoms with Crippen LogP contribution in [0.1, 0.15) is 0 Å². The molecule has 0 fully saturated rings. The third-order valence-electron chi connectivity index (χ3n) is 2.42. The minimum absolute atomic E-state index is 0.528. The van der Waals surface area contributed by atoms with Gasteiger partial charge < -0.3 is 10.2 Å². The number of anilines is 1. The molecular formula is C10H11F6N5O. The maximum atomic E-state index is 13.1. The minimum Gasteiger partial charge on any atom is -0.331 e. The number of carbonyl (C=O) groups excluding carboxylic acids is 1. The Kier molecular flexibility index (Phi) is 4.73. The molecule has 0 saturated heterocycles. The molecule has 124 valence electrons. The summed E-state index contributed by atoms with van der Waals surface area (Å²) in [6, 6.07) is -0.398. The van der Waals surface area contributed by atoms with Crippen LogP contribution in [0.3, 0.4) is 0 Å². The minimum atomic E-state index is -5.91. The number of rotatable bonds is 3. The van der Waals surface area contributed by atoms with E-state index in [0.717, 1.165) is 37.1 Å². The van der Waals surface area contributed by atoms with Gasteiger partial charge in [-0.1, -0.05) is 0 Å². The Morgan fingerprint density at radius 3 is 1.86 bits per heavy atom. The fraction of sp³-hybridized carbons (Fsp3) is 0.500. The second-order valence-corrected chi connectivity index (χ2v) is 4.27. The Hall–Kier alpha value is -2.27. The van der Waals surface area contributed by atoms with E-state index in [9.17, 15) is 31.1 Å². The summed E-state index contributed by atoms with van der Waals surface area (Å²) in [5.74, 6) is -0.948. The van der Waals surface area contributed by atoms with Crippen LogP contribution in [0.4, 0.5) is 37.1 Å². The lowest BCUT2D eigenvalue weighted by molar-refractivity contribution is -0.294. The van der Waals surface area contributed by atoms with Crippen LogP contribution >= 0.6 is 0 Å². The molecule has 12 heteroatoms. The van der Waals surface area contributed by atoms with E-state index in [0.29, 0.717) is 4.90 Å². The molecule has 2 amide bonds. The molecule has 0 radical (unpaired) electrons. The van der Waals surface area contributed by atoms with Crippen LogP contribution in [0.2, 0.25) is 0 Å². The van der Waals surface area contributed by atoms with Crippen molar-refractivity contribution in [3.8, 4) is 0 Å². The number of urea groups is 1. The molecule has 2 N–H and O–H groups in total. The highest BCUT2D eigenvalue weighted by Gasteiger charge is 2.73. The standard InChI is InChI=1S/C10H11F6N5O/c1-21(2)7(22)20-8(9(11,12)13,10(14,15)16)19-6-17-4-3-5-18-6/h3-5H,1-2H3,(H,20,22)(H,17,18,19). The molecule has 1 heterocycles. The zero-order chi connectivity index (χ0) is 17.2. The van der Waals surface area contributed by atoms with Gasteiger partial charge in [0, 0.05) is 26.5 Å². The smallest absolute Gasteiger partial charge is 0.331 e. The predicted octanol–water partition coefficient (Wildman–Crippen LogP) is 1.98. The van der Waals surface area contributed by atoms with Crippen molar-refractivity contribution in [2.24, 2.45) is 0 Å². The van der Waals surface area contributed by atoms with Gasteiger partial charge in [0.15, 0.2) is 0 Å². The summed E-state index contributed by atoms with van der Waals surface area (Å²) in [5, 5.41) is 2.03. The SMILES string of the molecule is CN(C)C(=O)NC(Nc1ncccn1)(C(F)(F)F)C(F)(F)F. The molecule has 0 atom stereocenters. The first-order valence-electron chi connectivity index (χ1n) is 5.59. The second-order valence-electron chi connectivity index (χ2n) is 4.27. The number of amides is 2. The topological polar surface area (TPSA) is 70.2 Å². The summed E-state index contributed by atoms with van der Waals surface area (Å²) in [5.41, 5.74) is -4.73. The molecule has 0 aliphatic carbocycles. The number of halogens is 6. The lowest BCUT2D eigenvalue weighted by Crippen LogP contribution is -2.73. The van der Waals surface area contributed by atoms with Crippen LogP contribution in [0.15, 0.2) is 18.5 Å². The van der Waals surface area contributed by atoms with Crippen molar-refractivity contribution >= 4 is 12.0 Å². The van der Waals surface area contributed by atoms with Crippen LogP contribution in [-0.2, 0) is 0 Å². The third-order valence-corrected chi connectivity index (χ3v) is 2.42. The maximum Gasteiger partial charge on any atom is 0.439 e. The molecular weight excluding hydrogens is 320 g/mol. The third kappa shape index (κ3) is 3.49. The fourth-order valence-corrected chi connectivity index (χ4v) is 1.28. The number of aromatic nitrogens is 2. The lowest BCUT2D eigenvalue weighted by atomic mass is 10.1. The van der Waals surface area contributed by atoms with E-state index < -0.39 is 30.0 Å². The van der Waals surface area contributed by atoms with Crippen molar-refractivity contribution in [3.05, 3.63) is 18.5 Å². The van der Waals surface area contributed by atoms with Gasteiger partial charge in [0.1, 0.15) is 0 Å². The Bertz CT molecular complexity index is 501. The summed E-state index contributed by atoms with van der Waals surface area (Å²) < 4.78 is 78.7. The van der Waals surface area contributed by atoms with E-state index >= 15 is 0 Å². The van der Waals surface area contributed by atoms with Crippen LogP contribution in [0, 0.1) is 0 Å². The summed E-state index contributed by atoms with van der Waals surface area (Å²) in [6.07, 6.45) is -9.92. The highest BCUT2D eigenvalue weighted by molar-refractivity contribution is 5.75. The van der Waals surface area contributed by atoms with Crippen LogP contribution < -0.4 is 10.6 Å². The number of carbonyl (C=O) groups is 1. The van der Waals surface area contributed by atoms with E-state index in [2.05, 4.69) is 9.97 Å². The Balaban J connectivity index is 3.36. The van der Waals surface area contributed by atoms with Crippen LogP contribution in [0.25, 0.3) is 0 Å². The molecule has 0 spiro atoms. The van der Waals surface area contributed by atoms with E-state index in [-0.39, 0.29) is 0 Å². The zero-order valence-corrected chi connectivity index (χ0v) is 11.2. The average molecular weight is 331 g/mol. The molecule has 0 saturated carbocycles. The summed E-state index contributed by atoms with van der Waals surface area (Å²) in [7, 11) is 1.98. The molecule has 0 aliphatic rings. The molecule has 1 rings (SSSR count). The Morgan fingerprint density at radius 2 is 1.50 bits per heavy atom. The molecule has 1 aromatic rings. The molecule has 1 aromatic heterocycles. The Labute approximate surface area is 120 Å². The quantitative estimate of drug-likeness (QED) is 0.656. The summed E-state index contributed by atoms with van der Waals surface area (Å²) >= 11 is 0. The molecule has 0 aliphatic heterocycles. The van der Waals surface area contributed by atoms with E-state index in [4.69, 9.17) is 0 Å². The highest BCUT2D eigenvalue weighted by atomic mass is 19.4. The van der Waals surface area contributed by atoms with E-state index in [1.54, 1.807) is 0 Å². The van der Waals surface area contributed by atoms with Gasteiger partial charge in [-0.15, -0.1) is 0 Å². The van der Waals surface area contributed by atoms with Crippen LogP contribution in [-0.4, -0.2) is 53.0 Å². The molecule has 0 unspecified atom stereocenters. The van der Waals surface area contributed by atoms with Gasteiger partial charge in [-0.3, -0.25) is 5.32 Å². The fourth-order valence-electron chi connectivity index (χ4n) is 1.28. The number of nitrogens with zero attached hydrogens (tertiary/aromatic N) is 3. The molecule has 0 aromatic carbocycles. The number of alkyl halides is 6. The van der Waals surface area contributed by atoms with Crippen molar-refractivity contribution in [2.45, 2.75) is 18.0 Å². The lowest BCUT2D eigenvalue weighted by Gasteiger charge is -2.38. The second kappa shape index (κ2) is 5.85. The van der Waals surface area contributed by atoms with Gasteiger partial charge in [0.2, 0.25) is 5.95 Å². The van der Waals surface area contributed by atoms with Crippen molar-refractivity contribution in [2.75, 3.05) is 19.4 Å². The van der Waals surface area contributed by atoms with Gasteiger partial charge >= 0.3 is 24.0 Å². The first-order valence-corrected chi connectivity index (χ1v) is 5.59. The predicted molar refractivity (Wildman–Crippen MR) is 62.7 cm³/mol. The van der Waals surface area contributed by atoms with Crippen molar-refractivity contribution in [1.82, 2.24) is 20.2 Å². The van der Waals surface area contributed by atoms with E-state index in [1.165, 1.54) is 6.07 Å². The molecule has 0 bridgehead atoms. The van der Waals surface area contributed by atoms with Crippen molar-refractivity contribution < 1.29 is 31.1 Å². The van der Waals surface area contributed by atoms with Gasteiger partial charge in [0.05, 0.1) is 0 Å². The first kappa shape index (κ1) is 17.8. The highest BCUT2D eigenvalue weighted by Crippen LogP contribution is 2.43.